The first-order valence-corrected chi connectivity index (χ1v) is 8.77. The average Bonchev–Trinajstić information content (AvgIpc) is 3.02. The monoisotopic (exact) mass is 370 g/mol. The molecule has 1 aromatic heterocycles. The van der Waals surface area contributed by atoms with E-state index >= 15 is 0 Å². The number of ketones is 1. The van der Waals surface area contributed by atoms with Crippen LogP contribution in [0.3, 0.4) is 0 Å². The van der Waals surface area contributed by atoms with Gasteiger partial charge in [0.25, 0.3) is 0 Å². The van der Waals surface area contributed by atoms with Crippen molar-refractivity contribution in [3.63, 3.8) is 0 Å². The Morgan fingerprint density at radius 1 is 1.00 bits per heavy atom. The zero-order valence-electron chi connectivity index (χ0n) is 14.7. The molecule has 0 fully saturated rings. The number of methoxy groups -OCH3 is 2. The van der Waals surface area contributed by atoms with Crippen LogP contribution in [0.5, 0.6) is 11.5 Å². The van der Waals surface area contributed by atoms with Crippen molar-refractivity contribution in [2.75, 3.05) is 20.8 Å². The van der Waals surface area contributed by atoms with E-state index in [1.54, 1.807) is 18.2 Å². The molecule has 3 rings (SSSR count). The number of Topliss-reactive ketones (excluding diaryl/α,β-unsaturated/α-hetero) is 1. The summed E-state index contributed by atoms with van der Waals surface area (Å²) in [6.45, 7) is 1.55. The molecule has 0 amide bonds. The maximum atomic E-state index is 12.4. The van der Waals surface area contributed by atoms with Crippen molar-refractivity contribution in [1.29, 1.82) is 0 Å². The molecule has 3 aromatic rings. The van der Waals surface area contributed by atoms with Crippen LogP contribution in [0.2, 0.25) is 0 Å². The van der Waals surface area contributed by atoms with Gasteiger partial charge in [0.15, 0.2) is 23.9 Å². The second kappa shape index (κ2) is 7.58. The molecule has 0 saturated heterocycles. The first kappa shape index (κ1) is 17.9. The van der Waals surface area contributed by atoms with Gasteiger partial charge in [0, 0.05) is 10.3 Å². The number of thiophene rings is 1. The number of esters is 1. The molecule has 0 N–H and O–H groups in total. The van der Waals surface area contributed by atoms with Crippen LogP contribution in [-0.2, 0) is 4.74 Å². The van der Waals surface area contributed by atoms with Gasteiger partial charge in [-0.3, -0.25) is 4.79 Å². The van der Waals surface area contributed by atoms with E-state index in [1.165, 1.54) is 25.6 Å². The Morgan fingerprint density at radius 2 is 1.73 bits per heavy atom. The third-order valence-electron chi connectivity index (χ3n) is 4.07. The van der Waals surface area contributed by atoms with Crippen LogP contribution in [0.15, 0.2) is 42.5 Å². The topological polar surface area (TPSA) is 61.8 Å². The first-order chi connectivity index (χ1) is 12.5. The molecule has 0 saturated carbocycles. The Bertz CT molecular complexity index is 973. The molecular formula is C20H18O5S. The smallest absolute Gasteiger partial charge is 0.349 e. The van der Waals surface area contributed by atoms with Crippen molar-refractivity contribution in [2.24, 2.45) is 0 Å². The van der Waals surface area contributed by atoms with Crippen LogP contribution in [0.1, 0.15) is 25.6 Å². The fourth-order valence-corrected chi connectivity index (χ4v) is 3.76. The van der Waals surface area contributed by atoms with E-state index in [9.17, 15) is 9.59 Å². The van der Waals surface area contributed by atoms with E-state index in [0.29, 0.717) is 21.9 Å². The molecule has 0 radical (unpaired) electrons. The number of fused-ring (bicyclic) bond motifs is 1. The third-order valence-corrected chi connectivity index (χ3v) is 5.32. The van der Waals surface area contributed by atoms with Gasteiger partial charge in [-0.05, 0) is 42.1 Å². The number of carbonyl (C=O) groups excluding carboxylic acids is 2. The zero-order valence-corrected chi connectivity index (χ0v) is 15.5. The lowest BCUT2D eigenvalue weighted by Gasteiger charge is -2.09. The maximum Gasteiger partial charge on any atom is 0.349 e. The van der Waals surface area contributed by atoms with Crippen molar-refractivity contribution in [2.45, 2.75) is 6.92 Å². The van der Waals surface area contributed by atoms with Crippen LogP contribution in [0.4, 0.5) is 0 Å². The highest BCUT2D eigenvalue weighted by molar-refractivity contribution is 7.21. The van der Waals surface area contributed by atoms with Crippen LogP contribution in [0.25, 0.3) is 10.1 Å². The fraction of sp³-hybridized carbons (Fsp3) is 0.200. The maximum absolute atomic E-state index is 12.4. The summed E-state index contributed by atoms with van der Waals surface area (Å²) >= 11 is 1.37. The summed E-state index contributed by atoms with van der Waals surface area (Å²) in [4.78, 5) is 25.2. The van der Waals surface area contributed by atoms with Gasteiger partial charge in [0.2, 0.25) is 0 Å². The van der Waals surface area contributed by atoms with E-state index in [1.807, 2.05) is 31.2 Å². The standard InChI is InChI=1S/C20H18O5S/c1-12-14-6-4-5-7-18(14)26-19(12)20(22)25-11-15(21)13-8-9-16(23-2)17(10-13)24-3/h4-10H,11H2,1-3H3. The minimum absolute atomic E-state index is 0.307. The minimum atomic E-state index is -0.488. The van der Waals surface area contributed by atoms with E-state index < -0.39 is 5.97 Å². The number of ether oxygens (including phenoxy) is 3. The lowest BCUT2D eigenvalue weighted by Crippen LogP contribution is -2.14. The van der Waals surface area contributed by atoms with E-state index in [4.69, 9.17) is 14.2 Å². The number of carbonyl (C=O) groups is 2. The van der Waals surface area contributed by atoms with Gasteiger partial charge in [-0.1, -0.05) is 18.2 Å². The predicted molar refractivity (Wildman–Crippen MR) is 101 cm³/mol. The summed E-state index contributed by atoms with van der Waals surface area (Å²) in [6, 6.07) is 12.6. The fourth-order valence-electron chi connectivity index (χ4n) is 2.66. The van der Waals surface area contributed by atoms with Gasteiger partial charge >= 0.3 is 5.97 Å². The van der Waals surface area contributed by atoms with Crippen LogP contribution in [0, 0.1) is 6.92 Å². The zero-order chi connectivity index (χ0) is 18.7. The molecule has 0 spiro atoms. The summed E-state index contributed by atoms with van der Waals surface area (Å²) in [5, 5.41) is 1.02. The molecule has 134 valence electrons. The Kier molecular flexibility index (Phi) is 5.23. The summed E-state index contributed by atoms with van der Waals surface area (Å²) < 4.78 is 16.6. The molecule has 6 heteroatoms. The molecule has 0 unspecified atom stereocenters. The van der Waals surface area contributed by atoms with Crippen LogP contribution in [-0.4, -0.2) is 32.6 Å². The van der Waals surface area contributed by atoms with Crippen molar-refractivity contribution in [3.05, 3.63) is 58.5 Å². The minimum Gasteiger partial charge on any atom is -0.493 e. The van der Waals surface area contributed by atoms with Gasteiger partial charge in [-0.2, -0.15) is 0 Å². The van der Waals surface area contributed by atoms with E-state index in [-0.39, 0.29) is 12.4 Å². The summed E-state index contributed by atoms with van der Waals surface area (Å²) in [6.07, 6.45) is 0. The molecule has 0 aliphatic carbocycles. The molecule has 0 bridgehead atoms. The van der Waals surface area contributed by atoms with Crippen LogP contribution < -0.4 is 9.47 Å². The molecule has 0 atom stereocenters. The van der Waals surface area contributed by atoms with E-state index in [2.05, 4.69) is 0 Å². The number of hydrogen-bond acceptors (Lipinski definition) is 6. The van der Waals surface area contributed by atoms with Crippen LogP contribution >= 0.6 is 11.3 Å². The third kappa shape index (κ3) is 3.41. The Labute approximate surface area is 155 Å². The van der Waals surface area contributed by atoms with Gasteiger partial charge in [0.1, 0.15) is 4.88 Å². The van der Waals surface area contributed by atoms with E-state index in [0.717, 1.165) is 15.6 Å². The normalized spacial score (nSPS) is 10.6. The predicted octanol–water partition coefficient (Wildman–Crippen LogP) is 4.27. The second-order valence-electron chi connectivity index (χ2n) is 5.62. The molecule has 0 aliphatic rings. The number of hydrogen-bond donors (Lipinski definition) is 0. The van der Waals surface area contributed by atoms with Gasteiger partial charge in [-0.15, -0.1) is 11.3 Å². The quantitative estimate of drug-likeness (QED) is 0.479. The highest BCUT2D eigenvalue weighted by Gasteiger charge is 2.19. The summed E-state index contributed by atoms with van der Waals surface area (Å²) in [5.41, 5.74) is 1.26. The Hall–Kier alpha value is -2.86. The van der Waals surface area contributed by atoms with Crippen molar-refractivity contribution in [1.82, 2.24) is 0 Å². The first-order valence-electron chi connectivity index (χ1n) is 7.95. The number of rotatable bonds is 6. The average molecular weight is 370 g/mol. The Balaban J connectivity index is 1.72. The largest absolute Gasteiger partial charge is 0.493 e. The number of benzene rings is 2. The SMILES string of the molecule is COc1ccc(C(=O)COC(=O)c2sc3ccccc3c2C)cc1OC. The van der Waals surface area contributed by atoms with Crippen molar-refractivity contribution in [3.8, 4) is 11.5 Å². The molecule has 26 heavy (non-hydrogen) atoms. The van der Waals surface area contributed by atoms with Gasteiger partial charge < -0.3 is 14.2 Å². The summed E-state index contributed by atoms with van der Waals surface area (Å²) in [5.74, 6) is 0.183. The van der Waals surface area contributed by atoms with Gasteiger partial charge in [0.05, 0.1) is 14.2 Å². The Morgan fingerprint density at radius 3 is 2.42 bits per heavy atom. The van der Waals surface area contributed by atoms with Crippen molar-refractivity contribution < 1.29 is 23.8 Å². The lowest BCUT2D eigenvalue weighted by atomic mass is 10.1. The number of aryl methyl sites for hydroxylation is 1. The lowest BCUT2D eigenvalue weighted by molar-refractivity contribution is 0.0479. The summed E-state index contributed by atoms with van der Waals surface area (Å²) in [7, 11) is 3.02. The van der Waals surface area contributed by atoms with Crippen molar-refractivity contribution >= 4 is 33.2 Å². The molecule has 5 nitrogen and oxygen atoms in total. The molecule has 2 aromatic carbocycles. The highest BCUT2D eigenvalue weighted by atomic mass is 32.1. The molecule has 0 aliphatic heterocycles. The second-order valence-corrected chi connectivity index (χ2v) is 6.67. The molecular weight excluding hydrogens is 352 g/mol. The highest BCUT2D eigenvalue weighted by Crippen LogP contribution is 2.31. The molecule has 1 heterocycles. The van der Waals surface area contributed by atoms with Gasteiger partial charge in [-0.25, -0.2) is 4.79 Å².